The molecule has 3 fully saturated rings. The van der Waals surface area contributed by atoms with Crippen molar-refractivity contribution in [3.63, 3.8) is 0 Å². The normalized spacial score (nSPS) is 26.6. The summed E-state index contributed by atoms with van der Waals surface area (Å²) in [6.45, 7) is 3.25. The largest absolute Gasteiger partial charge is 0.351 e. The molecule has 0 aromatic heterocycles. The van der Waals surface area contributed by atoms with Crippen molar-refractivity contribution in [1.82, 2.24) is 15.5 Å². The van der Waals surface area contributed by atoms with E-state index in [0.717, 1.165) is 69.9 Å². The van der Waals surface area contributed by atoms with Crippen LogP contribution in [0.25, 0.3) is 0 Å². The minimum atomic E-state index is -0.146. The summed E-state index contributed by atoms with van der Waals surface area (Å²) in [5.41, 5.74) is 1.64. The first-order chi connectivity index (χ1) is 15.0. The third kappa shape index (κ3) is 5.10. The number of aryl methyl sites for hydroxylation is 1. The van der Waals surface area contributed by atoms with Crippen molar-refractivity contribution in [2.45, 2.75) is 76.8 Å². The highest BCUT2D eigenvalue weighted by atomic mass is 16.2. The summed E-state index contributed by atoms with van der Waals surface area (Å²) >= 11 is 0. The van der Waals surface area contributed by atoms with E-state index in [1.54, 1.807) is 0 Å². The first-order valence-corrected chi connectivity index (χ1v) is 12.0. The van der Waals surface area contributed by atoms with Crippen LogP contribution in [0.15, 0.2) is 24.3 Å². The molecule has 3 aliphatic rings. The summed E-state index contributed by atoms with van der Waals surface area (Å²) in [7, 11) is 0. The van der Waals surface area contributed by atoms with E-state index in [1.165, 1.54) is 0 Å². The van der Waals surface area contributed by atoms with Crippen LogP contribution in [0.3, 0.4) is 0 Å². The van der Waals surface area contributed by atoms with E-state index in [1.807, 2.05) is 36.1 Å². The fourth-order valence-electron chi connectivity index (χ4n) is 5.16. The first kappa shape index (κ1) is 21.8. The Bertz CT molecular complexity index is 820. The van der Waals surface area contributed by atoms with Crippen molar-refractivity contribution in [2.24, 2.45) is 11.8 Å². The highest BCUT2D eigenvalue weighted by molar-refractivity contribution is 5.95. The molecule has 2 N–H and O–H groups in total. The molecule has 6 heteroatoms. The second kappa shape index (κ2) is 9.84. The number of carbonyl (C=O) groups is 3. The Morgan fingerprint density at radius 2 is 1.52 bits per heavy atom. The predicted molar refractivity (Wildman–Crippen MR) is 119 cm³/mol. The van der Waals surface area contributed by atoms with Gasteiger partial charge in [-0.3, -0.25) is 14.4 Å². The Labute approximate surface area is 185 Å². The molecule has 1 saturated heterocycles. The number of rotatable bonds is 5. The lowest BCUT2D eigenvalue weighted by Crippen LogP contribution is -2.56. The third-order valence-electron chi connectivity index (χ3n) is 7.36. The van der Waals surface area contributed by atoms with E-state index in [4.69, 9.17) is 0 Å². The molecule has 0 spiro atoms. The molecule has 0 bridgehead atoms. The van der Waals surface area contributed by atoms with Crippen LogP contribution in [0.4, 0.5) is 0 Å². The molecule has 2 aliphatic carbocycles. The first-order valence-electron chi connectivity index (χ1n) is 12.0. The number of hydrogen-bond acceptors (Lipinski definition) is 3. The van der Waals surface area contributed by atoms with Gasteiger partial charge in [-0.05, 0) is 57.1 Å². The predicted octanol–water partition coefficient (Wildman–Crippen LogP) is 3.19. The van der Waals surface area contributed by atoms with Crippen molar-refractivity contribution in [2.75, 3.05) is 13.1 Å². The molecule has 6 nitrogen and oxygen atoms in total. The van der Waals surface area contributed by atoms with Crippen molar-refractivity contribution in [1.29, 1.82) is 0 Å². The number of nitrogens with zero attached hydrogens (tertiary/aromatic N) is 1. The van der Waals surface area contributed by atoms with Crippen molar-refractivity contribution in [3.05, 3.63) is 35.4 Å². The van der Waals surface area contributed by atoms with Gasteiger partial charge < -0.3 is 15.5 Å². The van der Waals surface area contributed by atoms with Crippen LogP contribution >= 0.6 is 0 Å². The number of benzene rings is 1. The van der Waals surface area contributed by atoms with Gasteiger partial charge in [0.2, 0.25) is 11.8 Å². The lowest BCUT2D eigenvalue weighted by atomic mass is 9.83. The van der Waals surface area contributed by atoms with Gasteiger partial charge in [0.15, 0.2) is 0 Å². The zero-order chi connectivity index (χ0) is 21.8. The van der Waals surface area contributed by atoms with Gasteiger partial charge in [-0.1, -0.05) is 37.5 Å². The third-order valence-corrected chi connectivity index (χ3v) is 7.36. The number of nitrogens with one attached hydrogen (secondary N) is 2. The maximum atomic E-state index is 13.1. The van der Waals surface area contributed by atoms with Gasteiger partial charge in [0, 0.05) is 36.7 Å². The number of likely N-dealkylation sites (tertiary alicyclic amines) is 1. The van der Waals surface area contributed by atoms with Crippen molar-refractivity contribution >= 4 is 17.7 Å². The average Bonchev–Trinajstić information content (AvgIpc) is 2.74. The summed E-state index contributed by atoms with van der Waals surface area (Å²) in [6.07, 6.45) is 8.71. The highest BCUT2D eigenvalue weighted by Gasteiger charge is 2.36. The van der Waals surface area contributed by atoms with Crippen LogP contribution in [0, 0.1) is 18.8 Å². The molecule has 31 heavy (non-hydrogen) atoms. The van der Waals surface area contributed by atoms with E-state index in [0.29, 0.717) is 12.1 Å². The fourth-order valence-corrected chi connectivity index (χ4v) is 5.16. The Morgan fingerprint density at radius 1 is 0.839 bits per heavy atom. The molecule has 1 heterocycles. The molecular formula is C25H35N3O3. The smallest absolute Gasteiger partial charge is 0.251 e. The molecule has 2 saturated carbocycles. The molecule has 1 aromatic rings. The molecule has 168 valence electrons. The number of piperidine rings is 1. The summed E-state index contributed by atoms with van der Waals surface area (Å²) in [6, 6.07) is 7.49. The van der Waals surface area contributed by atoms with Crippen LogP contribution in [0.2, 0.25) is 0 Å². The van der Waals surface area contributed by atoms with Crippen LogP contribution in [0.1, 0.15) is 73.7 Å². The summed E-state index contributed by atoms with van der Waals surface area (Å²) in [5.74, 6) is 0.241. The SMILES string of the molecule is Cc1ccccc1C(=O)N[C@@H]1CCCC[C@H]1NC(=O)[C@@H]1CCCN(C(=O)C2CCC2)C1. The Kier molecular flexibility index (Phi) is 6.93. The number of amides is 3. The Balaban J connectivity index is 1.35. The van der Waals surface area contributed by atoms with Gasteiger partial charge in [-0.15, -0.1) is 0 Å². The molecule has 1 aliphatic heterocycles. The van der Waals surface area contributed by atoms with Gasteiger partial charge in [-0.25, -0.2) is 0 Å². The van der Waals surface area contributed by atoms with Crippen LogP contribution in [-0.2, 0) is 9.59 Å². The monoisotopic (exact) mass is 425 g/mol. The number of carbonyl (C=O) groups excluding carboxylic acids is 3. The van der Waals surface area contributed by atoms with Gasteiger partial charge in [-0.2, -0.15) is 0 Å². The second-order valence-electron chi connectivity index (χ2n) is 9.55. The zero-order valence-corrected chi connectivity index (χ0v) is 18.6. The van der Waals surface area contributed by atoms with Crippen molar-refractivity contribution in [3.8, 4) is 0 Å². The maximum absolute atomic E-state index is 13.1. The number of hydrogen-bond donors (Lipinski definition) is 2. The molecule has 4 rings (SSSR count). The molecule has 1 aromatic carbocycles. The van der Waals surface area contributed by atoms with Crippen LogP contribution in [-0.4, -0.2) is 47.8 Å². The highest BCUT2D eigenvalue weighted by Crippen LogP contribution is 2.30. The summed E-state index contributed by atoms with van der Waals surface area (Å²) in [5, 5.41) is 6.41. The molecular weight excluding hydrogens is 390 g/mol. The lowest BCUT2D eigenvalue weighted by molar-refractivity contribution is -0.141. The van der Waals surface area contributed by atoms with Gasteiger partial charge >= 0.3 is 0 Å². The molecule has 0 radical (unpaired) electrons. The Hall–Kier alpha value is -2.37. The lowest BCUT2D eigenvalue weighted by Gasteiger charge is -2.38. The molecule has 3 atom stereocenters. The maximum Gasteiger partial charge on any atom is 0.251 e. The Morgan fingerprint density at radius 3 is 2.19 bits per heavy atom. The minimum absolute atomic E-state index is 0.0353. The standard InChI is InChI=1S/C25H35N3O3/c1-17-8-2-3-12-20(17)24(30)27-22-14-5-4-13-21(22)26-23(29)19-11-7-15-28(16-19)25(31)18-9-6-10-18/h2-3,8,12,18-19,21-22H,4-7,9-11,13-16H2,1H3,(H,26,29)(H,27,30)/t19-,21-,22-/m1/s1. The van der Waals surface area contributed by atoms with E-state index in [-0.39, 0.29) is 41.6 Å². The van der Waals surface area contributed by atoms with Crippen molar-refractivity contribution < 1.29 is 14.4 Å². The molecule has 0 unspecified atom stereocenters. The minimum Gasteiger partial charge on any atom is -0.351 e. The van der Waals surface area contributed by atoms with Crippen LogP contribution < -0.4 is 10.6 Å². The van der Waals surface area contributed by atoms with E-state index in [2.05, 4.69) is 10.6 Å². The van der Waals surface area contributed by atoms with Gasteiger partial charge in [0.25, 0.3) is 5.91 Å². The van der Waals surface area contributed by atoms with E-state index in [9.17, 15) is 14.4 Å². The summed E-state index contributed by atoms with van der Waals surface area (Å²) in [4.78, 5) is 40.4. The van der Waals surface area contributed by atoms with E-state index >= 15 is 0 Å². The fraction of sp³-hybridized carbons (Fsp3) is 0.640. The zero-order valence-electron chi connectivity index (χ0n) is 18.6. The summed E-state index contributed by atoms with van der Waals surface area (Å²) < 4.78 is 0. The quantitative estimate of drug-likeness (QED) is 0.760. The molecule has 3 amide bonds. The second-order valence-corrected chi connectivity index (χ2v) is 9.55. The average molecular weight is 426 g/mol. The van der Waals surface area contributed by atoms with Gasteiger partial charge in [0.1, 0.15) is 0 Å². The van der Waals surface area contributed by atoms with Crippen LogP contribution in [0.5, 0.6) is 0 Å². The topological polar surface area (TPSA) is 78.5 Å². The van der Waals surface area contributed by atoms with Gasteiger partial charge in [0.05, 0.1) is 5.92 Å². The van der Waals surface area contributed by atoms with E-state index < -0.39 is 0 Å².